The smallest absolute Gasteiger partial charge is 0.138 e. The molecular formula is C32H34N8O. The predicted octanol–water partition coefficient (Wildman–Crippen LogP) is 5.66. The first-order chi connectivity index (χ1) is 19.9. The quantitative estimate of drug-likeness (QED) is 0.181. The van der Waals surface area contributed by atoms with E-state index in [1.54, 1.807) is 6.20 Å². The fraction of sp³-hybridized carbons (Fsp3) is 0.250. The van der Waals surface area contributed by atoms with E-state index in [-0.39, 0.29) is 0 Å². The van der Waals surface area contributed by atoms with Gasteiger partial charge in [0.25, 0.3) is 0 Å². The van der Waals surface area contributed by atoms with Gasteiger partial charge in [-0.2, -0.15) is 5.26 Å². The molecule has 5 rings (SSSR count). The average molecular weight is 547 g/mol. The number of H-pyrrole nitrogens is 1. The van der Waals surface area contributed by atoms with Gasteiger partial charge in [0.1, 0.15) is 11.6 Å². The van der Waals surface area contributed by atoms with Crippen molar-refractivity contribution < 1.29 is 4.74 Å². The number of hydrogen-bond donors (Lipinski definition) is 3. The molecule has 9 heteroatoms. The largest absolute Gasteiger partial charge is 0.492 e. The van der Waals surface area contributed by atoms with Crippen LogP contribution in [0.25, 0.3) is 33.5 Å². The number of rotatable bonds is 11. The molecule has 0 radical (unpaired) electrons. The Morgan fingerprint density at radius 3 is 2.71 bits per heavy atom. The number of nitriles is 1. The van der Waals surface area contributed by atoms with Crippen molar-refractivity contribution in [2.75, 3.05) is 37.5 Å². The fourth-order valence-corrected chi connectivity index (χ4v) is 4.67. The third-order valence-electron chi connectivity index (χ3n) is 6.75. The third-order valence-corrected chi connectivity index (χ3v) is 6.75. The first-order valence-electron chi connectivity index (χ1n) is 13.7. The molecule has 0 fully saturated rings. The number of hydrogen-bond acceptors (Lipinski definition) is 8. The molecule has 3 aromatic heterocycles. The van der Waals surface area contributed by atoms with Crippen LogP contribution in [-0.2, 0) is 6.54 Å². The Kier molecular flexibility index (Phi) is 8.42. The van der Waals surface area contributed by atoms with E-state index in [1.165, 1.54) is 0 Å². The minimum atomic E-state index is 0.435. The molecule has 0 spiro atoms. The lowest BCUT2D eigenvalue weighted by Gasteiger charge is -2.18. The summed E-state index contributed by atoms with van der Waals surface area (Å²) in [6, 6.07) is 21.9. The maximum absolute atomic E-state index is 9.41. The van der Waals surface area contributed by atoms with Crippen molar-refractivity contribution >= 4 is 22.3 Å². The van der Waals surface area contributed by atoms with Crippen molar-refractivity contribution in [1.29, 1.82) is 5.26 Å². The zero-order valence-corrected chi connectivity index (χ0v) is 23.6. The monoisotopic (exact) mass is 546 g/mol. The molecule has 4 N–H and O–H groups in total. The number of aromatic amines is 1. The summed E-state index contributed by atoms with van der Waals surface area (Å²) in [6.07, 6.45) is 3.59. The maximum Gasteiger partial charge on any atom is 0.138 e. The number of aromatic nitrogens is 4. The number of unbranched alkanes of at least 4 members (excludes halogenated alkanes) is 1. The van der Waals surface area contributed by atoms with E-state index < -0.39 is 0 Å². The van der Waals surface area contributed by atoms with Gasteiger partial charge in [0.2, 0.25) is 0 Å². The Morgan fingerprint density at radius 2 is 1.93 bits per heavy atom. The number of imidazole rings is 1. The summed E-state index contributed by atoms with van der Waals surface area (Å²) in [5.74, 6) is 1.48. The summed E-state index contributed by atoms with van der Waals surface area (Å²) in [5, 5.41) is 13.8. The lowest BCUT2D eigenvalue weighted by molar-refractivity contribution is 0.307. The first kappa shape index (κ1) is 27.6. The highest BCUT2D eigenvalue weighted by Crippen LogP contribution is 2.33. The van der Waals surface area contributed by atoms with Crippen molar-refractivity contribution in [1.82, 2.24) is 19.9 Å². The van der Waals surface area contributed by atoms with Gasteiger partial charge in [0, 0.05) is 30.7 Å². The van der Waals surface area contributed by atoms with Gasteiger partial charge in [-0.25, -0.2) is 4.98 Å². The Balaban J connectivity index is 1.50. The Morgan fingerprint density at radius 1 is 1.05 bits per heavy atom. The second-order valence-corrected chi connectivity index (χ2v) is 10.1. The summed E-state index contributed by atoms with van der Waals surface area (Å²) in [4.78, 5) is 19.9. The van der Waals surface area contributed by atoms with Crippen molar-refractivity contribution in [2.45, 2.75) is 26.3 Å². The van der Waals surface area contributed by atoms with Gasteiger partial charge in [-0.05, 0) is 74.8 Å². The average Bonchev–Trinajstić information content (AvgIpc) is 3.42. The number of benzene rings is 2. The minimum absolute atomic E-state index is 0.435. The van der Waals surface area contributed by atoms with Crippen LogP contribution in [0.3, 0.4) is 0 Å². The molecule has 3 heterocycles. The molecule has 0 bridgehead atoms. The van der Waals surface area contributed by atoms with E-state index >= 15 is 0 Å². The number of anilines is 2. The Hall–Kier alpha value is -4.94. The molecule has 9 nitrogen and oxygen atoms in total. The molecule has 0 saturated carbocycles. The number of fused-ring (bicyclic) bond motifs is 1. The number of ether oxygens (including phenoxy) is 1. The van der Waals surface area contributed by atoms with Gasteiger partial charge in [-0.15, -0.1) is 0 Å². The van der Waals surface area contributed by atoms with Gasteiger partial charge >= 0.3 is 0 Å². The van der Waals surface area contributed by atoms with Gasteiger partial charge in [0.15, 0.2) is 0 Å². The molecule has 2 aromatic carbocycles. The zero-order chi connectivity index (χ0) is 28.8. The standard InChI is InChI=1S/C32H34N8O/c1-21-7-6-8-27(37-21)32-31(23-10-11-26-24(16-23)17-25(19-35-26)41-14-5-4-13-33)38-30(39-32)20-36-28-15-22(18-34)9-12-29(28)40(2)3/h6-12,15-17,19,36H,4-5,13-14,20,33H2,1-3H3,(H,38,39). The van der Waals surface area contributed by atoms with Crippen molar-refractivity contribution in [3.8, 4) is 34.5 Å². The van der Waals surface area contributed by atoms with Gasteiger partial charge in [-0.3, -0.25) is 9.97 Å². The second-order valence-electron chi connectivity index (χ2n) is 10.1. The summed E-state index contributed by atoms with van der Waals surface area (Å²) in [5.41, 5.74) is 13.2. The summed E-state index contributed by atoms with van der Waals surface area (Å²) in [7, 11) is 3.95. The molecule has 0 atom stereocenters. The molecular weight excluding hydrogens is 512 g/mol. The van der Waals surface area contributed by atoms with Crippen LogP contribution < -0.4 is 20.7 Å². The third kappa shape index (κ3) is 6.45. The molecule has 0 aliphatic heterocycles. The van der Waals surface area contributed by atoms with Crippen LogP contribution in [0.4, 0.5) is 11.4 Å². The number of aryl methyl sites for hydroxylation is 1. The van der Waals surface area contributed by atoms with E-state index in [9.17, 15) is 5.26 Å². The lowest BCUT2D eigenvalue weighted by Crippen LogP contribution is -2.12. The summed E-state index contributed by atoms with van der Waals surface area (Å²) in [6.45, 7) is 3.68. The van der Waals surface area contributed by atoms with Gasteiger partial charge in [-0.1, -0.05) is 12.1 Å². The van der Waals surface area contributed by atoms with E-state index in [4.69, 9.17) is 20.4 Å². The maximum atomic E-state index is 9.41. The summed E-state index contributed by atoms with van der Waals surface area (Å²) >= 11 is 0. The molecule has 0 amide bonds. The Labute approximate surface area is 240 Å². The molecule has 0 aliphatic rings. The second kappa shape index (κ2) is 12.5. The van der Waals surface area contributed by atoms with Crippen LogP contribution in [0, 0.1) is 18.3 Å². The highest BCUT2D eigenvalue weighted by Gasteiger charge is 2.17. The SMILES string of the molecule is Cc1cccc(-c2[nH]c(CNc3cc(C#N)ccc3N(C)C)nc2-c2ccc3ncc(OCCCCN)cc3c2)n1. The molecule has 41 heavy (non-hydrogen) atoms. The first-order valence-corrected chi connectivity index (χ1v) is 13.7. The highest BCUT2D eigenvalue weighted by molar-refractivity contribution is 5.87. The van der Waals surface area contributed by atoms with Crippen molar-refractivity contribution in [2.24, 2.45) is 5.73 Å². The molecule has 0 saturated heterocycles. The number of nitrogens with two attached hydrogens (primary N) is 1. The van der Waals surface area contributed by atoms with Crippen LogP contribution in [-0.4, -0.2) is 47.2 Å². The molecule has 0 aliphatic carbocycles. The predicted molar refractivity (Wildman–Crippen MR) is 164 cm³/mol. The van der Waals surface area contributed by atoms with E-state index in [0.717, 1.165) is 75.0 Å². The molecule has 208 valence electrons. The van der Waals surface area contributed by atoms with Gasteiger partial charge in [0.05, 0.1) is 65.0 Å². The van der Waals surface area contributed by atoms with E-state index in [2.05, 4.69) is 27.4 Å². The van der Waals surface area contributed by atoms with Crippen molar-refractivity contribution in [3.63, 3.8) is 0 Å². The minimum Gasteiger partial charge on any atom is -0.492 e. The van der Waals surface area contributed by atoms with Crippen LogP contribution in [0.2, 0.25) is 0 Å². The van der Waals surface area contributed by atoms with E-state index in [1.807, 2.05) is 80.5 Å². The number of nitrogens with one attached hydrogen (secondary N) is 2. The highest BCUT2D eigenvalue weighted by atomic mass is 16.5. The van der Waals surface area contributed by atoms with Crippen LogP contribution in [0.1, 0.15) is 29.9 Å². The zero-order valence-electron chi connectivity index (χ0n) is 23.6. The lowest BCUT2D eigenvalue weighted by atomic mass is 10.1. The van der Waals surface area contributed by atoms with Crippen LogP contribution in [0.5, 0.6) is 5.75 Å². The number of nitrogens with zero attached hydrogens (tertiary/aromatic N) is 5. The van der Waals surface area contributed by atoms with E-state index in [0.29, 0.717) is 25.3 Å². The Bertz CT molecular complexity index is 1700. The molecule has 5 aromatic rings. The van der Waals surface area contributed by atoms with Crippen molar-refractivity contribution in [3.05, 3.63) is 83.9 Å². The van der Waals surface area contributed by atoms with Crippen LogP contribution >= 0.6 is 0 Å². The summed E-state index contributed by atoms with van der Waals surface area (Å²) < 4.78 is 5.91. The molecule has 0 unspecified atom stereocenters. The van der Waals surface area contributed by atoms with Crippen LogP contribution in [0.15, 0.2) is 66.9 Å². The number of pyridine rings is 2. The van der Waals surface area contributed by atoms with Gasteiger partial charge < -0.3 is 25.7 Å². The topological polar surface area (TPSA) is 129 Å². The normalized spacial score (nSPS) is 10.9. The fourth-order valence-electron chi connectivity index (χ4n) is 4.67.